The molecule has 0 saturated heterocycles. The Kier molecular flexibility index (Phi) is 20.6. The number of ketones is 1. The maximum Gasteiger partial charge on any atom is 0.317 e. The van der Waals surface area contributed by atoms with Crippen molar-refractivity contribution in [2.75, 3.05) is 39.6 Å². The minimum atomic E-state index is -2.30. The van der Waals surface area contributed by atoms with Crippen LogP contribution in [0.1, 0.15) is 105 Å². The number of Topliss-reactive ketones (excluding diaryl/α,β-unsaturated/α-hetero) is 1. The number of carboxylic acids is 1. The molecule has 0 aromatic carbocycles. The van der Waals surface area contributed by atoms with E-state index in [1.54, 1.807) is 0 Å². The Morgan fingerprint density at radius 3 is 1.73 bits per heavy atom. The normalized spacial score (nSPS) is 16.4. The third kappa shape index (κ3) is 15.1. The third-order valence-corrected chi connectivity index (χ3v) is 8.33. The predicted molar refractivity (Wildman–Crippen MR) is 160 cm³/mol. The van der Waals surface area contributed by atoms with Crippen molar-refractivity contribution in [3.05, 3.63) is 11.6 Å². The second-order valence-corrected chi connectivity index (χ2v) is 12.9. The number of ether oxygens (including phenoxy) is 1. The van der Waals surface area contributed by atoms with Crippen LogP contribution in [0.5, 0.6) is 0 Å². The summed E-state index contributed by atoms with van der Waals surface area (Å²) in [6, 6.07) is 0. The van der Waals surface area contributed by atoms with Crippen LogP contribution in [-0.4, -0.2) is 88.1 Å². The fraction of sp³-hybridized carbons (Fsp3) is 0.875. The van der Waals surface area contributed by atoms with E-state index in [1.165, 1.54) is 38.5 Å². The summed E-state index contributed by atoms with van der Waals surface area (Å²) in [6.07, 6.45) is 11.1. The van der Waals surface area contributed by atoms with Crippen LogP contribution in [0.2, 0.25) is 0 Å². The van der Waals surface area contributed by atoms with Crippen LogP contribution in [0, 0.1) is 28.6 Å². The standard InChI is InChI=1S/C32H60O9/c1-24(2)10-6-11-25(3)12-7-13-26(4)14-8-15-27(5)16-9-17-28(37)29(38)32(21-36,30(39)40)23-41-22-31(18-33,19-34)20-35/h16,24-26,29,33-36,38H,6-15,17-23H2,1-5H3,(H,39,40). The van der Waals surface area contributed by atoms with Crippen LogP contribution < -0.4 is 0 Å². The molecule has 0 spiro atoms. The van der Waals surface area contributed by atoms with Gasteiger partial charge < -0.3 is 35.4 Å². The Bertz CT molecular complexity index is 739. The molecule has 6 N–H and O–H groups in total. The van der Waals surface area contributed by atoms with Crippen molar-refractivity contribution in [2.45, 2.75) is 111 Å². The molecule has 9 heteroatoms. The second-order valence-electron chi connectivity index (χ2n) is 12.9. The fourth-order valence-electron chi connectivity index (χ4n) is 4.91. The van der Waals surface area contributed by atoms with Crippen molar-refractivity contribution < 1.29 is 45.0 Å². The van der Waals surface area contributed by atoms with E-state index in [9.17, 15) is 40.2 Å². The number of carboxylic acid groups (broad SMARTS) is 1. The van der Waals surface area contributed by atoms with Gasteiger partial charge in [0.1, 0.15) is 11.5 Å². The van der Waals surface area contributed by atoms with Gasteiger partial charge in [-0.2, -0.15) is 0 Å². The quantitative estimate of drug-likeness (QED) is 0.0815. The van der Waals surface area contributed by atoms with Crippen molar-refractivity contribution in [2.24, 2.45) is 28.6 Å². The highest BCUT2D eigenvalue weighted by molar-refractivity contribution is 5.90. The number of rotatable bonds is 26. The van der Waals surface area contributed by atoms with E-state index in [0.717, 1.165) is 36.7 Å². The van der Waals surface area contributed by atoms with Gasteiger partial charge in [0, 0.05) is 6.42 Å². The van der Waals surface area contributed by atoms with E-state index in [0.29, 0.717) is 12.3 Å². The lowest BCUT2D eigenvalue weighted by Crippen LogP contribution is -2.53. The number of allylic oxidation sites excluding steroid dienone is 2. The lowest BCUT2D eigenvalue weighted by atomic mass is 9.80. The van der Waals surface area contributed by atoms with Crippen molar-refractivity contribution >= 4 is 11.8 Å². The van der Waals surface area contributed by atoms with Gasteiger partial charge in [-0.25, -0.2) is 0 Å². The van der Waals surface area contributed by atoms with E-state index in [-0.39, 0.29) is 6.42 Å². The lowest BCUT2D eigenvalue weighted by molar-refractivity contribution is -0.176. The SMILES string of the molecule is CC(=CCCC(=O)C(O)C(CO)(COCC(CO)(CO)CO)C(=O)O)CCCC(C)CCCC(C)CCCC(C)C. The molecule has 0 bridgehead atoms. The number of carbonyl (C=O) groups is 2. The zero-order valence-corrected chi connectivity index (χ0v) is 26.3. The first-order chi connectivity index (χ1) is 19.3. The zero-order chi connectivity index (χ0) is 31.5. The molecular formula is C32H60O9. The Morgan fingerprint density at radius 2 is 1.27 bits per heavy atom. The topological polar surface area (TPSA) is 165 Å². The Hall–Kier alpha value is -1.36. The predicted octanol–water partition coefficient (Wildman–Crippen LogP) is 4.13. The molecule has 0 aliphatic heterocycles. The van der Waals surface area contributed by atoms with Gasteiger partial charge in [-0.3, -0.25) is 9.59 Å². The minimum Gasteiger partial charge on any atom is -0.481 e. The van der Waals surface area contributed by atoms with Crippen molar-refractivity contribution in [3.8, 4) is 0 Å². The lowest BCUT2D eigenvalue weighted by Gasteiger charge is -2.33. The number of hydrogen-bond donors (Lipinski definition) is 6. The van der Waals surface area contributed by atoms with Gasteiger partial charge in [-0.1, -0.05) is 84.3 Å². The smallest absolute Gasteiger partial charge is 0.317 e. The van der Waals surface area contributed by atoms with E-state index < -0.39 is 68.3 Å². The van der Waals surface area contributed by atoms with E-state index in [4.69, 9.17) is 4.74 Å². The highest BCUT2D eigenvalue weighted by Crippen LogP contribution is 2.27. The van der Waals surface area contributed by atoms with Crippen LogP contribution in [0.25, 0.3) is 0 Å². The number of aliphatic hydroxyl groups excluding tert-OH is 5. The molecule has 0 aromatic rings. The van der Waals surface area contributed by atoms with Crippen LogP contribution >= 0.6 is 0 Å². The van der Waals surface area contributed by atoms with Gasteiger partial charge in [0.05, 0.1) is 45.1 Å². The highest BCUT2D eigenvalue weighted by atomic mass is 16.5. The van der Waals surface area contributed by atoms with Gasteiger partial charge in [-0.15, -0.1) is 0 Å². The molecule has 41 heavy (non-hydrogen) atoms. The molecule has 0 saturated carbocycles. The van der Waals surface area contributed by atoms with E-state index in [2.05, 4.69) is 27.7 Å². The molecular weight excluding hydrogens is 528 g/mol. The first kappa shape index (κ1) is 39.6. The summed E-state index contributed by atoms with van der Waals surface area (Å²) in [5.41, 5.74) is -2.58. The molecule has 0 aliphatic rings. The van der Waals surface area contributed by atoms with Gasteiger partial charge in [0.15, 0.2) is 5.78 Å². The minimum absolute atomic E-state index is 0.0901. The van der Waals surface area contributed by atoms with Crippen molar-refractivity contribution in [1.82, 2.24) is 0 Å². The van der Waals surface area contributed by atoms with E-state index in [1.807, 2.05) is 13.0 Å². The summed E-state index contributed by atoms with van der Waals surface area (Å²) in [5, 5.41) is 58.4. The number of carbonyl (C=O) groups excluding carboxylic acids is 1. The summed E-state index contributed by atoms with van der Waals surface area (Å²) in [4.78, 5) is 24.6. The summed E-state index contributed by atoms with van der Waals surface area (Å²) < 4.78 is 5.28. The van der Waals surface area contributed by atoms with Gasteiger partial charge in [0.25, 0.3) is 0 Å². The molecule has 4 unspecified atom stereocenters. The summed E-state index contributed by atoms with van der Waals surface area (Å²) in [6.45, 7) is 7.15. The van der Waals surface area contributed by atoms with Gasteiger partial charge in [0.2, 0.25) is 0 Å². The second kappa shape index (κ2) is 21.3. The summed E-state index contributed by atoms with van der Waals surface area (Å²) in [7, 11) is 0. The third-order valence-electron chi connectivity index (χ3n) is 8.33. The number of aliphatic hydroxyl groups is 5. The molecule has 0 heterocycles. The summed E-state index contributed by atoms with van der Waals surface area (Å²) >= 11 is 0. The summed E-state index contributed by atoms with van der Waals surface area (Å²) in [5.74, 6) is -0.0824. The maximum atomic E-state index is 12.7. The van der Waals surface area contributed by atoms with Crippen molar-refractivity contribution in [3.63, 3.8) is 0 Å². The molecule has 0 radical (unpaired) electrons. The van der Waals surface area contributed by atoms with Crippen LogP contribution in [0.4, 0.5) is 0 Å². The number of aliphatic carboxylic acids is 1. The Morgan fingerprint density at radius 1 is 0.756 bits per heavy atom. The zero-order valence-electron chi connectivity index (χ0n) is 26.3. The average molecular weight is 589 g/mol. The van der Waals surface area contributed by atoms with Crippen LogP contribution in [0.3, 0.4) is 0 Å². The number of hydrogen-bond acceptors (Lipinski definition) is 8. The first-order valence-electron chi connectivity index (χ1n) is 15.4. The molecule has 9 nitrogen and oxygen atoms in total. The van der Waals surface area contributed by atoms with Crippen LogP contribution in [0.15, 0.2) is 11.6 Å². The van der Waals surface area contributed by atoms with Gasteiger partial charge in [-0.05, 0) is 43.9 Å². The highest BCUT2D eigenvalue weighted by Gasteiger charge is 2.49. The molecule has 0 aliphatic carbocycles. The average Bonchev–Trinajstić information content (AvgIpc) is 2.93. The molecule has 0 rings (SSSR count). The van der Waals surface area contributed by atoms with E-state index >= 15 is 0 Å². The van der Waals surface area contributed by atoms with Gasteiger partial charge >= 0.3 is 5.97 Å². The monoisotopic (exact) mass is 588 g/mol. The molecule has 4 atom stereocenters. The fourth-order valence-corrected chi connectivity index (χ4v) is 4.91. The van der Waals surface area contributed by atoms with Crippen molar-refractivity contribution in [1.29, 1.82) is 0 Å². The molecule has 0 fully saturated rings. The molecule has 0 aromatic heterocycles. The maximum absolute atomic E-state index is 12.7. The van der Waals surface area contributed by atoms with Crippen LogP contribution in [-0.2, 0) is 14.3 Å². The Balaban J connectivity index is 4.60. The molecule has 0 amide bonds. The molecule has 242 valence electrons. The first-order valence-corrected chi connectivity index (χ1v) is 15.4. The Labute approximate surface area is 248 Å². The largest absolute Gasteiger partial charge is 0.481 e.